The highest BCUT2D eigenvalue weighted by Gasteiger charge is 2.50. The first-order chi connectivity index (χ1) is 11.5. The van der Waals surface area contributed by atoms with Crippen molar-refractivity contribution >= 4 is 66.7 Å². The van der Waals surface area contributed by atoms with Crippen LogP contribution in [-0.2, 0) is 22.7 Å². The number of nitrogens with two attached hydrogens (primary N) is 2. The molecule has 0 unspecified atom stereocenters. The van der Waals surface area contributed by atoms with Gasteiger partial charge in [-0.25, -0.2) is 0 Å². The minimum absolute atomic E-state index is 0. The molecule has 3 heterocycles. The van der Waals surface area contributed by atoms with E-state index in [2.05, 4.69) is 0 Å². The summed E-state index contributed by atoms with van der Waals surface area (Å²) in [6.07, 6.45) is 2.27. The number of carbonyl (C=O) groups is 2. The number of anilines is 1. The van der Waals surface area contributed by atoms with Gasteiger partial charge in [-0.3, -0.25) is 9.69 Å². The van der Waals surface area contributed by atoms with Crippen LogP contribution >= 0.6 is 49.0 Å². The van der Waals surface area contributed by atoms with Crippen LogP contribution in [0.2, 0.25) is 0 Å². The molecule has 1 saturated heterocycles. The predicted octanol–water partition coefficient (Wildman–Crippen LogP) is -1.75. The number of aromatic nitrogens is 2. The quantitative estimate of drug-likeness (QED) is 0.336. The Balaban J connectivity index is 0.00000225. The summed E-state index contributed by atoms with van der Waals surface area (Å²) in [5.41, 5.74) is 12.1. The van der Waals surface area contributed by atoms with E-state index in [9.17, 15) is 14.7 Å². The largest absolute Gasteiger partial charge is 0.543 e. The topological polar surface area (TPSA) is 142 Å². The van der Waals surface area contributed by atoms with E-state index in [0.717, 1.165) is 0 Å². The Morgan fingerprint density at radius 2 is 2.07 bits per heavy atom. The lowest BCUT2D eigenvalue weighted by Gasteiger charge is -2.49. The predicted molar refractivity (Wildman–Crippen MR) is 106 cm³/mol. The minimum Gasteiger partial charge on any atom is -0.543 e. The fourth-order valence-corrected chi connectivity index (χ4v) is 4.26. The first kappa shape index (κ1) is 25.8. The summed E-state index contributed by atoms with van der Waals surface area (Å²) in [6, 6.07) is 1.04. The number of hydrogen-bond donors (Lipinski definition) is 3. The fourth-order valence-electron chi connectivity index (χ4n) is 2.98. The molecule has 0 bridgehead atoms. The van der Waals surface area contributed by atoms with Crippen molar-refractivity contribution in [3.63, 3.8) is 0 Å². The minimum atomic E-state index is -1.38. The molecule has 2 aliphatic rings. The number of nitrogen functional groups attached to an aromatic ring is 1. The fraction of sp³-hybridized carbons (Fsp3) is 0.500. The van der Waals surface area contributed by atoms with Gasteiger partial charge in [-0.05, 0) is 6.42 Å². The third-order valence-electron chi connectivity index (χ3n) is 4.19. The smallest absolute Gasteiger partial charge is 0.248 e. The number of carboxylic acids is 1. The van der Waals surface area contributed by atoms with Crippen LogP contribution in [0.25, 0.3) is 0 Å². The molecule has 27 heavy (non-hydrogen) atoms. The van der Waals surface area contributed by atoms with Crippen LogP contribution in [0.5, 0.6) is 0 Å². The van der Waals surface area contributed by atoms with Crippen molar-refractivity contribution in [2.45, 2.75) is 30.9 Å². The van der Waals surface area contributed by atoms with Crippen LogP contribution in [0.1, 0.15) is 6.42 Å². The summed E-state index contributed by atoms with van der Waals surface area (Å²) >= 11 is 1.44. The highest BCUT2D eigenvalue weighted by molar-refractivity contribution is 8.00. The third-order valence-corrected chi connectivity index (χ3v) is 5.55. The first-order valence-corrected chi connectivity index (χ1v) is 8.59. The number of β-lactam (4-membered cyclic amide) rings is 1. The van der Waals surface area contributed by atoms with Gasteiger partial charge in [0.1, 0.15) is 11.4 Å². The molecule has 9 nitrogen and oxygen atoms in total. The Labute approximate surface area is 178 Å². The van der Waals surface area contributed by atoms with Crippen molar-refractivity contribution < 1.29 is 24.5 Å². The zero-order valence-corrected chi connectivity index (χ0v) is 17.4. The van der Waals surface area contributed by atoms with Crippen molar-refractivity contribution in [1.29, 1.82) is 0 Å². The molecule has 2 atom stereocenters. The Hall–Kier alpha value is -1.17. The van der Waals surface area contributed by atoms with E-state index >= 15 is 0 Å². The molecule has 1 aromatic heterocycles. The van der Waals surface area contributed by atoms with Gasteiger partial charge >= 0.3 is 0 Å². The zero-order chi connectivity index (χ0) is 17.4. The number of carboxylic acid groups (broad SMARTS) is 1. The molecule has 154 valence electrons. The molecule has 2 aliphatic heterocycles. The molecule has 0 saturated carbocycles. The second-order valence-electron chi connectivity index (χ2n) is 5.71. The first-order valence-electron chi connectivity index (χ1n) is 7.55. The number of thioether (sulfide) groups is 1. The number of aliphatic hydroxyl groups excluding tert-OH is 1. The SMILES string of the molecule is Cl.Cl.Cl.Nc1cc[n+](CC2=C(C(=O)[O-])N3C(=O)[C@@H](N)[C@H]3SC2)n1CCCO. The third kappa shape index (κ3) is 4.64. The van der Waals surface area contributed by atoms with Crippen molar-refractivity contribution in [2.75, 3.05) is 18.1 Å². The standard InChI is InChI=1S/C14H19N5O4S.3ClH/c15-9-2-4-17(18(9)3-1-5-20)6-8-7-24-13-10(16)12(21)19(13)11(8)14(22)23;;;/h2,4,10,13,15,20H,1,3,5-7,16H2,(H,22,23);3*1H/t10-,13-;;;/m1.../s1. The number of amides is 1. The van der Waals surface area contributed by atoms with Crippen LogP contribution < -0.4 is 21.3 Å². The van der Waals surface area contributed by atoms with Gasteiger partial charge in [0.15, 0.2) is 18.6 Å². The Bertz CT molecular complexity index is 730. The lowest BCUT2D eigenvalue weighted by Crippen LogP contribution is -2.69. The number of fused-ring (bicyclic) bond motifs is 1. The average Bonchev–Trinajstić information content (AvgIpc) is 2.91. The molecule has 1 aromatic rings. The average molecular weight is 463 g/mol. The number of aliphatic hydroxyl groups is 1. The van der Waals surface area contributed by atoms with Gasteiger partial charge in [-0.2, -0.15) is 0 Å². The van der Waals surface area contributed by atoms with Gasteiger partial charge in [-0.15, -0.1) is 58.3 Å². The van der Waals surface area contributed by atoms with E-state index in [4.69, 9.17) is 16.6 Å². The van der Waals surface area contributed by atoms with E-state index in [1.807, 2.05) is 0 Å². The molecule has 3 rings (SSSR count). The second kappa shape index (κ2) is 10.4. The molecular weight excluding hydrogens is 441 g/mol. The van der Waals surface area contributed by atoms with E-state index in [0.29, 0.717) is 30.1 Å². The number of aliphatic carboxylic acids is 1. The highest BCUT2D eigenvalue weighted by atomic mass is 35.5. The molecular formula is C14H22Cl3N5O4S. The van der Waals surface area contributed by atoms with Crippen LogP contribution in [0, 0.1) is 0 Å². The molecule has 5 N–H and O–H groups in total. The summed E-state index contributed by atoms with van der Waals surface area (Å²) in [5.74, 6) is -0.812. The maximum absolute atomic E-state index is 11.9. The van der Waals surface area contributed by atoms with E-state index in [1.165, 1.54) is 16.7 Å². The Morgan fingerprint density at radius 3 is 2.67 bits per heavy atom. The van der Waals surface area contributed by atoms with Crippen molar-refractivity contribution in [3.8, 4) is 0 Å². The van der Waals surface area contributed by atoms with Crippen LogP contribution in [0.4, 0.5) is 5.82 Å². The lowest BCUT2D eigenvalue weighted by atomic mass is 10.0. The summed E-state index contributed by atoms with van der Waals surface area (Å²) in [4.78, 5) is 24.7. The number of carbonyl (C=O) groups excluding carboxylic acids is 2. The second-order valence-corrected chi connectivity index (χ2v) is 6.82. The van der Waals surface area contributed by atoms with E-state index in [1.54, 1.807) is 21.6 Å². The van der Waals surface area contributed by atoms with E-state index in [-0.39, 0.29) is 61.4 Å². The molecule has 1 amide bonds. The normalized spacial score (nSPS) is 20.7. The Kier molecular flexibility index (Phi) is 9.94. The molecule has 0 spiro atoms. The molecule has 0 aromatic carbocycles. The van der Waals surface area contributed by atoms with Gasteiger partial charge < -0.3 is 26.5 Å². The number of nitrogens with zero attached hydrogens (tertiary/aromatic N) is 3. The maximum atomic E-state index is 11.9. The van der Waals surface area contributed by atoms with Gasteiger partial charge in [-0.1, -0.05) is 0 Å². The summed E-state index contributed by atoms with van der Waals surface area (Å²) < 4.78 is 3.53. The van der Waals surface area contributed by atoms with Gasteiger partial charge in [0.25, 0.3) is 0 Å². The van der Waals surface area contributed by atoms with Crippen LogP contribution in [0.15, 0.2) is 23.5 Å². The van der Waals surface area contributed by atoms with Crippen molar-refractivity contribution in [1.82, 2.24) is 9.58 Å². The molecule has 0 aliphatic carbocycles. The highest BCUT2D eigenvalue weighted by Crippen LogP contribution is 2.39. The zero-order valence-electron chi connectivity index (χ0n) is 14.1. The van der Waals surface area contributed by atoms with Crippen LogP contribution in [-0.4, -0.2) is 50.3 Å². The van der Waals surface area contributed by atoms with Gasteiger partial charge in [0.05, 0.1) is 24.3 Å². The summed E-state index contributed by atoms with van der Waals surface area (Å²) in [7, 11) is 0. The van der Waals surface area contributed by atoms with Crippen molar-refractivity contribution in [3.05, 3.63) is 23.5 Å². The monoisotopic (exact) mass is 461 g/mol. The summed E-state index contributed by atoms with van der Waals surface area (Å²) in [5, 5.41) is 20.2. The summed E-state index contributed by atoms with van der Waals surface area (Å²) in [6.45, 7) is 0.805. The van der Waals surface area contributed by atoms with Gasteiger partial charge in [0.2, 0.25) is 5.91 Å². The van der Waals surface area contributed by atoms with Crippen LogP contribution in [0.3, 0.4) is 0 Å². The van der Waals surface area contributed by atoms with Crippen molar-refractivity contribution in [2.24, 2.45) is 5.73 Å². The van der Waals surface area contributed by atoms with E-state index < -0.39 is 17.9 Å². The number of hydrogen-bond acceptors (Lipinski definition) is 7. The molecule has 0 radical (unpaired) electrons. The Morgan fingerprint density at radius 1 is 1.41 bits per heavy atom. The lowest BCUT2D eigenvalue weighted by molar-refractivity contribution is -0.767. The van der Waals surface area contributed by atoms with Gasteiger partial charge in [0, 0.05) is 17.9 Å². The maximum Gasteiger partial charge on any atom is 0.248 e. The number of rotatable bonds is 6. The molecule has 1 fully saturated rings. The number of halogens is 3. The molecule has 13 heteroatoms.